The number of imide groups is 1. The molecule has 180 valence electrons. The number of nitrogens with zero attached hydrogens (tertiary/aromatic N) is 3. The summed E-state index contributed by atoms with van der Waals surface area (Å²) in [6.45, 7) is 9.56. The molecule has 3 fully saturated rings. The Hall–Kier alpha value is -2.32. The van der Waals surface area contributed by atoms with Crippen LogP contribution in [0, 0.1) is 11.3 Å². The largest absolute Gasteiger partial charge is 0.367 e. The number of urea groups is 1. The van der Waals surface area contributed by atoms with E-state index in [1.165, 1.54) is 0 Å². The molecule has 4 rings (SSSR count). The standard InChI is InChI=1S/C24H34ClN5O3/c1-16-12-23(2,3)15-24(13-16)21(32)30(22(33)27-24)14-20(31)26-18-11-17(25)5-6-19(18)29-9-7-28(4)8-10-29/h5-6,11,16H,7-10,12-15H2,1-4H3,(H,26,31)(H,27,33)/t16-,24-/m1/s1. The fourth-order valence-corrected chi connectivity index (χ4v) is 6.09. The van der Waals surface area contributed by atoms with Gasteiger partial charge in [-0.25, -0.2) is 4.79 Å². The molecule has 3 aliphatic rings. The molecule has 33 heavy (non-hydrogen) atoms. The molecule has 2 heterocycles. The van der Waals surface area contributed by atoms with E-state index in [-0.39, 0.29) is 17.9 Å². The van der Waals surface area contributed by atoms with Crippen molar-refractivity contribution in [3.8, 4) is 0 Å². The normalized spacial score (nSPS) is 27.7. The lowest BCUT2D eigenvalue weighted by molar-refractivity contribution is -0.136. The van der Waals surface area contributed by atoms with E-state index >= 15 is 0 Å². The fraction of sp³-hybridized carbons (Fsp3) is 0.625. The first-order valence-corrected chi connectivity index (χ1v) is 12.0. The molecule has 8 nitrogen and oxygen atoms in total. The minimum atomic E-state index is -0.917. The zero-order valence-electron chi connectivity index (χ0n) is 19.9. The zero-order chi connectivity index (χ0) is 24.0. The highest BCUT2D eigenvalue weighted by Crippen LogP contribution is 2.46. The Morgan fingerprint density at radius 3 is 2.55 bits per heavy atom. The molecule has 2 N–H and O–H groups in total. The number of hydrogen-bond acceptors (Lipinski definition) is 5. The number of anilines is 2. The lowest BCUT2D eigenvalue weighted by atomic mass is 9.64. The summed E-state index contributed by atoms with van der Waals surface area (Å²) in [7, 11) is 2.08. The first-order valence-electron chi connectivity index (χ1n) is 11.7. The number of benzene rings is 1. The molecular weight excluding hydrogens is 442 g/mol. The Balaban J connectivity index is 1.48. The van der Waals surface area contributed by atoms with Gasteiger partial charge in [0, 0.05) is 31.2 Å². The average Bonchev–Trinajstić information content (AvgIpc) is 2.90. The van der Waals surface area contributed by atoms with Gasteiger partial charge in [-0.15, -0.1) is 0 Å². The second-order valence-corrected chi connectivity index (χ2v) is 11.2. The summed E-state index contributed by atoms with van der Waals surface area (Å²) in [5.41, 5.74) is 0.500. The van der Waals surface area contributed by atoms with Crippen molar-refractivity contribution in [2.45, 2.75) is 45.6 Å². The Morgan fingerprint density at radius 1 is 1.18 bits per heavy atom. The Labute approximate surface area is 200 Å². The van der Waals surface area contributed by atoms with Gasteiger partial charge in [-0.3, -0.25) is 14.5 Å². The predicted octanol–water partition coefficient (Wildman–Crippen LogP) is 3.17. The highest BCUT2D eigenvalue weighted by atomic mass is 35.5. The number of likely N-dealkylation sites (N-methyl/N-ethyl adjacent to an activating group) is 1. The van der Waals surface area contributed by atoms with Crippen LogP contribution >= 0.6 is 11.6 Å². The Kier molecular flexibility index (Phi) is 6.35. The predicted molar refractivity (Wildman–Crippen MR) is 130 cm³/mol. The van der Waals surface area contributed by atoms with Crippen LogP contribution in [0.5, 0.6) is 0 Å². The third kappa shape index (κ3) is 4.96. The topological polar surface area (TPSA) is 85.0 Å². The third-order valence-corrected chi connectivity index (χ3v) is 7.24. The van der Waals surface area contributed by atoms with Gasteiger partial charge in [-0.05, 0) is 55.8 Å². The van der Waals surface area contributed by atoms with Gasteiger partial charge in [-0.1, -0.05) is 32.4 Å². The zero-order valence-corrected chi connectivity index (χ0v) is 20.7. The number of halogens is 1. The first-order chi connectivity index (χ1) is 15.5. The van der Waals surface area contributed by atoms with Gasteiger partial charge >= 0.3 is 6.03 Å². The maximum Gasteiger partial charge on any atom is 0.325 e. The van der Waals surface area contributed by atoms with Crippen molar-refractivity contribution < 1.29 is 14.4 Å². The summed E-state index contributed by atoms with van der Waals surface area (Å²) in [6, 6.07) is 4.92. The molecule has 0 radical (unpaired) electrons. The van der Waals surface area contributed by atoms with E-state index < -0.39 is 17.5 Å². The van der Waals surface area contributed by atoms with E-state index in [0.29, 0.717) is 29.5 Å². The molecule has 9 heteroatoms. The Bertz CT molecular complexity index is 959. The van der Waals surface area contributed by atoms with Crippen molar-refractivity contribution in [2.75, 3.05) is 50.0 Å². The second kappa shape index (κ2) is 8.80. The van der Waals surface area contributed by atoms with Crippen molar-refractivity contribution in [2.24, 2.45) is 11.3 Å². The molecular formula is C24H34ClN5O3. The van der Waals surface area contributed by atoms with Crippen molar-refractivity contribution in [1.82, 2.24) is 15.1 Å². The molecule has 0 aromatic heterocycles. The SMILES string of the molecule is C[C@@H]1CC(C)(C)C[C@@]2(C1)NC(=O)N(CC(=O)Nc1cc(Cl)ccc1N1CCN(C)CC1)C2=O. The van der Waals surface area contributed by atoms with Gasteiger partial charge in [0.2, 0.25) is 5.91 Å². The summed E-state index contributed by atoms with van der Waals surface area (Å²) in [6.07, 6.45) is 2.18. The van der Waals surface area contributed by atoms with E-state index in [2.05, 4.69) is 48.3 Å². The number of carbonyl (C=O) groups is 3. The molecule has 0 unspecified atom stereocenters. The minimum absolute atomic E-state index is 0.0585. The van der Waals surface area contributed by atoms with Crippen LogP contribution in [-0.4, -0.2) is 73.0 Å². The van der Waals surface area contributed by atoms with E-state index in [4.69, 9.17) is 11.6 Å². The molecule has 4 amide bonds. The number of hydrogen-bond donors (Lipinski definition) is 2. The molecule has 2 saturated heterocycles. The van der Waals surface area contributed by atoms with Crippen LogP contribution in [0.2, 0.25) is 5.02 Å². The van der Waals surface area contributed by atoms with Crippen LogP contribution in [0.3, 0.4) is 0 Å². The average molecular weight is 476 g/mol. The summed E-state index contributed by atoms with van der Waals surface area (Å²) >= 11 is 6.21. The Morgan fingerprint density at radius 2 is 1.88 bits per heavy atom. The van der Waals surface area contributed by atoms with Crippen LogP contribution in [0.1, 0.15) is 40.0 Å². The maximum atomic E-state index is 13.3. The number of rotatable bonds is 4. The monoisotopic (exact) mass is 475 g/mol. The number of nitrogens with one attached hydrogen (secondary N) is 2. The van der Waals surface area contributed by atoms with Crippen LogP contribution in [0.15, 0.2) is 18.2 Å². The fourth-order valence-electron chi connectivity index (χ4n) is 5.91. The molecule has 1 saturated carbocycles. The van der Waals surface area contributed by atoms with Crippen molar-refractivity contribution in [1.29, 1.82) is 0 Å². The van der Waals surface area contributed by atoms with E-state index in [1.807, 2.05) is 6.07 Å². The van der Waals surface area contributed by atoms with Gasteiger partial charge in [0.25, 0.3) is 5.91 Å². The van der Waals surface area contributed by atoms with Crippen LogP contribution in [0.25, 0.3) is 0 Å². The van der Waals surface area contributed by atoms with Gasteiger partial charge in [-0.2, -0.15) is 0 Å². The molecule has 0 bridgehead atoms. The van der Waals surface area contributed by atoms with Gasteiger partial charge in [0.15, 0.2) is 0 Å². The van der Waals surface area contributed by atoms with Crippen molar-refractivity contribution >= 4 is 40.8 Å². The van der Waals surface area contributed by atoms with Gasteiger partial charge in [0.1, 0.15) is 12.1 Å². The second-order valence-electron chi connectivity index (χ2n) is 10.8. The van der Waals surface area contributed by atoms with E-state index in [0.717, 1.165) is 43.2 Å². The molecule has 1 aliphatic carbocycles. The van der Waals surface area contributed by atoms with Crippen LogP contribution in [0.4, 0.5) is 16.2 Å². The molecule has 2 aliphatic heterocycles. The quantitative estimate of drug-likeness (QED) is 0.653. The lowest BCUT2D eigenvalue weighted by Crippen LogP contribution is -2.54. The number of piperazine rings is 1. The summed E-state index contributed by atoms with van der Waals surface area (Å²) in [5, 5.41) is 6.33. The highest BCUT2D eigenvalue weighted by Gasteiger charge is 2.56. The lowest BCUT2D eigenvalue weighted by Gasteiger charge is -2.43. The molecule has 2 atom stereocenters. The number of amides is 4. The number of carbonyl (C=O) groups excluding carboxylic acids is 3. The third-order valence-electron chi connectivity index (χ3n) is 7.00. The highest BCUT2D eigenvalue weighted by molar-refractivity contribution is 6.31. The molecule has 1 spiro atoms. The van der Waals surface area contributed by atoms with Gasteiger partial charge in [0.05, 0.1) is 11.4 Å². The van der Waals surface area contributed by atoms with Gasteiger partial charge < -0.3 is 20.4 Å². The van der Waals surface area contributed by atoms with Crippen LogP contribution in [-0.2, 0) is 9.59 Å². The maximum absolute atomic E-state index is 13.3. The summed E-state index contributed by atoms with van der Waals surface area (Å²) in [4.78, 5) is 44.6. The smallest absolute Gasteiger partial charge is 0.325 e. The minimum Gasteiger partial charge on any atom is -0.367 e. The summed E-state index contributed by atoms with van der Waals surface area (Å²) in [5.74, 6) is -0.409. The van der Waals surface area contributed by atoms with Crippen molar-refractivity contribution in [3.05, 3.63) is 23.2 Å². The first kappa shape index (κ1) is 23.8. The van der Waals surface area contributed by atoms with Crippen molar-refractivity contribution in [3.63, 3.8) is 0 Å². The van der Waals surface area contributed by atoms with Crippen LogP contribution < -0.4 is 15.5 Å². The molecule has 1 aromatic rings. The summed E-state index contributed by atoms with van der Waals surface area (Å²) < 4.78 is 0. The molecule has 1 aromatic carbocycles. The van der Waals surface area contributed by atoms with E-state index in [9.17, 15) is 14.4 Å². The van der Waals surface area contributed by atoms with E-state index in [1.54, 1.807) is 12.1 Å².